The van der Waals surface area contributed by atoms with Crippen LogP contribution < -0.4 is 24.4 Å². The number of sulfonamides is 1. The van der Waals surface area contributed by atoms with Crippen LogP contribution in [-0.4, -0.2) is 94.4 Å². The van der Waals surface area contributed by atoms with Crippen molar-refractivity contribution in [2.45, 2.75) is 126 Å². The number of likely N-dealkylation sites (tertiary alicyclic amines) is 1. The van der Waals surface area contributed by atoms with Gasteiger partial charge in [0.25, 0.3) is 21.6 Å². The van der Waals surface area contributed by atoms with Gasteiger partial charge in [0.1, 0.15) is 29.6 Å². The number of pyridine rings is 1. The van der Waals surface area contributed by atoms with E-state index in [0.29, 0.717) is 43.3 Å². The number of carbonyl (C=O) groups is 1. The zero-order chi connectivity index (χ0) is 48.4. The van der Waals surface area contributed by atoms with E-state index in [1.807, 2.05) is 0 Å². The number of aliphatic hydroxyl groups excluding tert-OH is 1. The van der Waals surface area contributed by atoms with E-state index in [-0.39, 0.29) is 76.6 Å². The molecular weight excluding hydrogens is 906 g/mol. The highest BCUT2D eigenvalue weighted by Gasteiger charge is 2.52. The van der Waals surface area contributed by atoms with Gasteiger partial charge in [-0.1, -0.05) is 38.1 Å². The van der Waals surface area contributed by atoms with Gasteiger partial charge in [0, 0.05) is 61.3 Å². The molecule has 3 aliphatic heterocycles. The lowest BCUT2D eigenvalue weighted by molar-refractivity contribution is -0.384. The zero-order valence-corrected chi connectivity index (χ0v) is 39.9. The van der Waals surface area contributed by atoms with Gasteiger partial charge in [0.2, 0.25) is 0 Å². The summed E-state index contributed by atoms with van der Waals surface area (Å²) >= 11 is 0. The van der Waals surface area contributed by atoms with Crippen LogP contribution in [0.2, 0.25) is 0 Å². The Kier molecular flexibility index (Phi) is 12.3. The number of fused-ring (bicyclic) bond motifs is 2. The van der Waals surface area contributed by atoms with Gasteiger partial charge in [-0.15, -0.1) is 0 Å². The average molecular weight is 966 g/mol. The van der Waals surface area contributed by atoms with Crippen LogP contribution in [0.5, 0.6) is 17.2 Å². The van der Waals surface area contributed by atoms with Gasteiger partial charge in [0.05, 0.1) is 45.2 Å². The maximum Gasteiger partial charge on any atom is 0.297 e. The Morgan fingerprint density at radius 2 is 1.81 bits per heavy atom. The van der Waals surface area contributed by atoms with Crippen molar-refractivity contribution in [1.29, 1.82) is 0 Å². The summed E-state index contributed by atoms with van der Waals surface area (Å²) in [5.74, 6) is -1.05. The molecule has 3 atom stereocenters. The van der Waals surface area contributed by atoms with Crippen LogP contribution in [0.1, 0.15) is 118 Å². The first-order chi connectivity index (χ1) is 33.0. The molecule has 2 saturated heterocycles. The molecule has 16 nitrogen and oxygen atoms in total. The van der Waals surface area contributed by atoms with Gasteiger partial charge in [0.15, 0.2) is 11.4 Å². The van der Waals surface area contributed by atoms with E-state index < -0.39 is 42.9 Å². The topological polar surface area (TPSA) is 212 Å². The maximum absolute atomic E-state index is 14.7. The standard InChI is InChI=1S/C51H60FN7O9S/c1-30(2)37-6-4-5-7-38(37)43-11-9-33(28-60)58(43)34-24-51(25-34)16-18-57(19-17-51)32-8-10-39(45(20-32)68-35-21-40-41(52)27-54-48(40)53-26-35)49(61)56-69(65,66)36-22-44(59(63)64)47-46(23-36)67-29-42(55-47)31-12-14-50(3,62)15-13-31/h4-8,10,20-23,26-27,30-31,33-34,42-43,55,60,62H,9,11-19,24-25,28-29H2,1-3H3,(H,53,54)(H,56,61)/t31?,33-,42+,43-,50?/m0/s1. The van der Waals surface area contributed by atoms with Crippen LogP contribution in [0.15, 0.2) is 78.0 Å². The van der Waals surface area contributed by atoms with Crippen LogP contribution in [0, 0.1) is 27.3 Å². The number of halogens is 1. The Morgan fingerprint density at radius 1 is 1.06 bits per heavy atom. The summed E-state index contributed by atoms with van der Waals surface area (Å²) in [5.41, 5.74) is 2.55. The molecule has 0 radical (unpaired) electrons. The number of anilines is 2. The molecule has 366 valence electrons. The van der Waals surface area contributed by atoms with Crippen molar-refractivity contribution in [2.75, 3.05) is 36.5 Å². The van der Waals surface area contributed by atoms with Crippen molar-refractivity contribution in [3.63, 3.8) is 0 Å². The number of carbonyl (C=O) groups excluding carboxylic acids is 1. The van der Waals surface area contributed by atoms with Crippen molar-refractivity contribution >= 4 is 44.0 Å². The monoisotopic (exact) mass is 965 g/mol. The summed E-state index contributed by atoms with van der Waals surface area (Å²) < 4.78 is 57.0. The highest BCUT2D eigenvalue weighted by Crippen LogP contribution is 2.55. The van der Waals surface area contributed by atoms with Crippen molar-refractivity contribution in [3.05, 3.63) is 106 Å². The first-order valence-corrected chi connectivity index (χ1v) is 25.7. The lowest BCUT2D eigenvalue weighted by Crippen LogP contribution is -2.57. The third-order valence-corrected chi connectivity index (χ3v) is 17.1. The summed E-state index contributed by atoms with van der Waals surface area (Å²) in [6.45, 7) is 8.00. The number of amides is 1. The molecule has 0 unspecified atom stereocenters. The van der Waals surface area contributed by atoms with E-state index in [9.17, 15) is 37.9 Å². The third kappa shape index (κ3) is 9.12. The number of nitro benzene ring substituents is 1. The SMILES string of the molecule is CC(C)c1ccccc1[C@@H]1CC[C@@H](CO)N1C1CC2(CCN(c3ccc(C(=O)NS(=O)(=O)c4cc5c(c([N+](=O)[O-])c4)N[C@@H](C4CCC(C)(O)CC4)CO5)c(Oc4cnc5[nH]cc(F)c5c4)c3)CC2)C1. The van der Waals surface area contributed by atoms with Crippen molar-refractivity contribution < 1.29 is 42.2 Å². The molecule has 1 amide bonds. The van der Waals surface area contributed by atoms with Gasteiger partial charge < -0.3 is 34.9 Å². The molecule has 2 saturated carbocycles. The summed E-state index contributed by atoms with van der Waals surface area (Å²) in [6.07, 6.45) is 11.1. The number of rotatable bonds is 12. The second-order valence-corrected chi connectivity index (χ2v) is 22.3. The summed E-state index contributed by atoms with van der Waals surface area (Å²) in [6, 6.07) is 17.6. The lowest BCUT2D eigenvalue weighted by atomic mass is 9.59. The number of hydrogen-bond donors (Lipinski definition) is 5. The number of piperidine rings is 1. The number of aromatic nitrogens is 2. The molecule has 2 aromatic heterocycles. The predicted molar refractivity (Wildman–Crippen MR) is 258 cm³/mol. The van der Waals surface area contributed by atoms with Crippen LogP contribution >= 0.6 is 0 Å². The Morgan fingerprint density at radius 3 is 2.54 bits per heavy atom. The maximum atomic E-state index is 14.7. The van der Waals surface area contributed by atoms with E-state index in [0.717, 1.165) is 69.4 Å². The number of aromatic amines is 1. The molecule has 5 heterocycles. The van der Waals surface area contributed by atoms with Crippen LogP contribution in [0.25, 0.3) is 11.0 Å². The van der Waals surface area contributed by atoms with Gasteiger partial charge in [-0.2, -0.15) is 0 Å². The summed E-state index contributed by atoms with van der Waals surface area (Å²) in [5, 5.41) is 36.7. The molecule has 3 aromatic carbocycles. The van der Waals surface area contributed by atoms with E-state index in [1.54, 1.807) is 19.1 Å². The highest BCUT2D eigenvalue weighted by atomic mass is 32.2. The van der Waals surface area contributed by atoms with E-state index in [1.165, 1.54) is 35.7 Å². The van der Waals surface area contributed by atoms with Gasteiger partial charge in [-0.3, -0.25) is 19.8 Å². The van der Waals surface area contributed by atoms with E-state index >= 15 is 0 Å². The quantitative estimate of drug-likeness (QED) is 0.0586. The number of nitro groups is 1. The molecule has 2 aliphatic carbocycles. The second-order valence-electron chi connectivity index (χ2n) is 20.6. The number of nitrogens with zero attached hydrogens (tertiary/aromatic N) is 4. The van der Waals surface area contributed by atoms with Crippen molar-refractivity contribution in [1.82, 2.24) is 19.6 Å². The van der Waals surface area contributed by atoms with Crippen LogP contribution in [0.3, 0.4) is 0 Å². The summed E-state index contributed by atoms with van der Waals surface area (Å²) in [7, 11) is -4.73. The number of aliphatic hydroxyl groups is 2. The molecule has 69 heavy (non-hydrogen) atoms. The fourth-order valence-corrected chi connectivity index (χ4v) is 12.9. The average Bonchev–Trinajstić information content (AvgIpc) is 3.92. The van der Waals surface area contributed by atoms with E-state index in [4.69, 9.17) is 9.47 Å². The zero-order valence-electron chi connectivity index (χ0n) is 39.1. The van der Waals surface area contributed by atoms with Gasteiger partial charge in [-0.25, -0.2) is 22.5 Å². The third-order valence-electron chi connectivity index (χ3n) is 15.8. The molecule has 10 rings (SSSR count). The smallest absolute Gasteiger partial charge is 0.297 e. The lowest BCUT2D eigenvalue weighted by Gasteiger charge is -2.57. The van der Waals surface area contributed by atoms with Crippen LogP contribution in [-0.2, 0) is 10.0 Å². The first kappa shape index (κ1) is 46.9. The second kappa shape index (κ2) is 18.2. The predicted octanol–water partition coefficient (Wildman–Crippen LogP) is 8.71. The fourth-order valence-electron chi connectivity index (χ4n) is 11.9. The Hall–Kier alpha value is -5.82. The minimum atomic E-state index is -4.73. The van der Waals surface area contributed by atoms with Crippen LogP contribution in [0.4, 0.5) is 21.5 Å². The fraction of sp³-hybridized carbons (Fsp3) is 0.490. The molecular formula is C51H60FN7O9S. The Bertz CT molecular complexity index is 2880. The number of H-pyrrole nitrogens is 1. The van der Waals surface area contributed by atoms with Crippen molar-refractivity contribution in [3.8, 4) is 17.2 Å². The molecule has 5 N–H and O–H groups in total. The number of ether oxygens (including phenoxy) is 2. The Labute approximate surface area is 400 Å². The number of nitrogens with one attached hydrogen (secondary N) is 3. The van der Waals surface area contributed by atoms with Gasteiger partial charge in [-0.05, 0) is 118 Å². The molecule has 18 heteroatoms. The molecule has 0 bridgehead atoms. The molecule has 5 aromatic rings. The van der Waals surface area contributed by atoms with E-state index in [2.05, 4.69) is 67.9 Å². The van der Waals surface area contributed by atoms with Crippen molar-refractivity contribution in [2.24, 2.45) is 11.3 Å². The normalized spacial score (nSPS) is 24.9. The van der Waals surface area contributed by atoms with Gasteiger partial charge >= 0.3 is 0 Å². The minimum absolute atomic E-state index is 0.00249. The largest absolute Gasteiger partial charge is 0.489 e. The highest BCUT2D eigenvalue weighted by molar-refractivity contribution is 7.90. The number of hydrogen-bond acceptors (Lipinski definition) is 13. The summed E-state index contributed by atoms with van der Waals surface area (Å²) in [4.78, 5) is 37.1. The molecule has 5 aliphatic rings. The number of benzene rings is 3. The molecule has 4 fully saturated rings. The minimum Gasteiger partial charge on any atom is -0.489 e. The molecule has 1 spiro atoms. The Balaban J connectivity index is 0.868. The first-order valence-electron chi connectivity index (χ1n) is 24.2.